The molecule has 9 heteroatoms. The lowest BCUT2D eigenvalue weighted by Gasteiger charge is -2.19. The largest absolute Gasteiger partial charge is 0.444 e. The minimum Gasteiger partial charge on any atom is -0.444 e. The summed E-state index contributed by atoms with van der Waals surface area (Å²) in [6.45, 7) is 5.30. The van der Waals surface area contributed by atoms with Crippen LogP contribution in [0.4, 0.5) is 16.2 Å². The van der Waals surface area contributed by atoms with Gasteiger partial charge in [0, 0.05) is 16.9 Å². The predicted molar refractivity (Wildman–Crippen MR) is 108 cm³/mol. The summed E-state index contributed by atoms with van der Waals surface area (Å²) >= 11 is 0. The smallest absolute Gasteiger partial charge is 0.412 e. The molecule has 0 heterocycles. The fourth-order valence-corrected chi connectivity index (χ4v) is 2.90. The molecule has 0 unspecified atom stereocenters. The molecule has 0 saturated heterocycles. The maximum Gasteiger partial charge on any atom is 0.412 e. The van der Waals surface area contributed by atoms with Gasteiger partial charge >= 0.3 is 6.09 Å². The minimum absolute atomic E-state index is 0.270. The van der Waals surface area contributed by atoms with E-state index in [0.29, 0.717) is 22.5 Å². The number of benzene rings is 2. The first-order valence-electron chi connectivity index (χ1n) is 8.42. The van der Waals surface area contributed by atoms with Crippen LogP contribution in [0.15, 0.2) is 48.5 Å². The highest BCUT2D eigenvalue weighted by Crippen LogP contribution is 2.16. The van der Waals surface area contributed by atoms with E-state index in [2.05, 4.69) is 10.6 Å². The van der Waals surface area contributed by atoms with Crippen molar-refractivity contribution in [2.45, 2.75) is 32.1 Å². The third-order valence-electron chi connectivity index (χ3n) is 3.37. The van der Waals surface area contributed by atoms with E-state index in [-0.39, 0.29) is 11.7 Å². The zero-order valence-corrected chi connectivity index (χ0v) is 16.7. The van der Waals surface area contributed by atoms with Gasteiger partial charge in [0.15, 0.2) is 0 Å². The second-order valence-electron chi connectivity index (χ2n) is 7.16. The van der Waals surface area contributed by atoms with Gasteiger partial charge in [0.2, 0.25) is 10.0 Å². The highest BCUT2D eigenvalue weighted by Gasteiger charge is 2.16. The molecule has 0 fully saturated rings. The van der Waals surface area contributed by atoms with Crippen molar-refractivity contribution in [3.63, 3.8) is 0 Å². The number of ether oxygens (including phenoxy) is 1. The molecule has 2 rings (SSSR count). The SMILES string of the molecule is CC(C)(C)OC(=O)Nc1ccc(C(=O)Nc2ccc(CS(N)(=O)=O)cc2)cc1. The van der Waals surface area contributed by atoms with Crippen LogP contribution in [0.2, 0.25) is 0 Å². The number of nitrogens with two attached hydrogens (primary N) is 1. The summed E-state index contributed by atoms with van der Waals surface area (Å²) in [5.41, 5.74) is 1.33. The molecule has 0 saturated carbocycles. The molecule has 0 aliphatic carbocycles. The van der Waals surface area contributed by atoms with Crippen LogP contribution < -0.4 is 15.8 Å². The lowest BCUT2D eigenvalue weighted by atomic mass is 10.1. The molecular weight excluding hydrogens is 382 g/mol. The molecule has 0 aromatic heterocycles. The molecule has 0 aliphatic heterocycles. The van der Waals surface area contributed by atoms with Gasteiger partial charge in [-0.05, 0) is 62.7 Å². The van der Waals surface area contributed by atoms with Crippen molar-refractivity contribution in [3.8, 4) is 0 Å². The third kappa shape index (κ3) is 7.37. The summed E-state index contributed by atoms with van der Waals surface area (Å²) in [7, 11) is -3.61. The fourth-order valence-electron chi connectivity index (χ4n) is 2.25. The van der Waals surface area contributed by atoms with Gasteiger partial charge in [-0.3, -0.25) is 10.1 Å². The van der Waals surface area contributed by atoms with Crippen LogP contribution in [0.5, 0.6) is 0 Å². The van der Waals surface area contributed by atoms with Gasteiger partial charge in [-0.2, -0.15) is 0 Å². The number of hydrogen-bond acceptors (Lipinski definition) is 5. The average Bonchev–Trinajstić information content (AvgIpc) is 2.54. The van der Waals surface area contributed by atoms with Crippen molar-refractivity contribution in [1.29, 1.82) is 0 Å². The minimum atomic E-state index is -3.61. The molecular formula is C19H23N3O5S. The van der Waals surface area contributed by atoms with Crippen LogP contribution in [0.3, 0.4) is 0 Å². The van der Waals surface area contributed by atoms with Gasteiger partial charge in [0.1, 0.15) is 5.60 Å². The van der Waals surface area contributed by atoms with Crippen molar-refractivity contribution < 1.29 is 22.7 Å². The second kappa shape index (κ2) is 8.41. The Bertz CT molecular complexity index is 947. The standard InChI is InChI=1S/C19H23N3O5S/c1-19(2,3)27-18(24)22-16-10-6-14(7-11-16)17(23)21-15-8-4-13(5-9-15)12-28(20,25)26/h4-11H,12H2,1-3H3,(H,21,23)(H,22,24)(H2,20,25,26). The Morgan fingerprint density at radius 1 is 0.929 bits per heavy atom. The number of nitrogens with one attached hydrogen (secondary N) is 2. The van der Waals surface area contributed by atoms with Crippen molar-refractivity contribution >= 4 is 33.4 Å². The Kier molecular flexibility index (Phi) is 6.42. The van der Waals surface area contributed by atoms with E-state index in [0.717, 1.165) is 0 Å². The maximum atomic E-state index is 12.3. The fraction of sp³-hybridized carbons (Fsp3) is 0.263. The molecule has 0 spiro atoms. The first-order chi connectivity index (χ1) is 12.9. The van der Waals surface area contributed by atoms with Crippen LogP contribution >= 0.6 is 0 Å². The summed E-state index contributed by atoms with van der Waals surface area (Å²) in [4.78, 5) is 24.1. The molecule has 150 valence electrons. The van der Waals surface area contributed by atoms with Gasteiger partial charge in [0.25, 0.3) is 5.91 Å². The Balaban J connectivity index is 1.96. The van der Waals surface area contributed by atoms with E-state index in [4.69, 9.17) is 9.88 Å². The van der Waals surface area contributed by atoms with Crippen molar-refractivity contribution in [3.05, 3.63) is 59.7 Å². The average molecular weight is 405 g/mol. The Hall–Kier alpha value is -2.91. The van der Waals surface area contributed by atoms with Crippen molar-refractivity contribution in [2.75, 3.05) is 10.6 Å². The lowest BCUT2D eigenvalue weighted by molar-refractivity contribution is 0.0635. The number of rotatable bonds is 5. The van der Waals surface area contributed by atoms with Gasteiger partial charge in [-0.1, -0.05) is 12.1 Å². The van der Waals surface area contributed by atoms with E-state index in [1.165, 1.54) is 0 Å². The number of sulfonamides is 1. The number of carbonyl (C=O) groups excluding carboxylic acids is 2. The summed E-state index contributed by atoms with van der Waals surface area (Å²) in [5, 5.41) is 10.3. The normalized spacial score (nSPS) is 11.6. The van der Waals surface area contributed by atoms with E-state index in [1.807, 2.05) is 0 Å². The molecule has 0 radical (unpaired) electrons. The quantitative estimate of drug-likeness (QED) is 0.704. The van der Waals surface area contributed by atoms with Crippen LogP contribution in [0.25, 0.3) is 0 Å². The topological polar surface area (TPSA) is 128 Å². The Morgan fingerprint density at radius 3 is 1.93 bits per heavy atom. The highest BCUT2D eigenvalue weighted by atomic mass is 32.2. The third-order valence-corrected chi connectivity index (χ3v) is 4.11. The number of amides is 2. The predicted octanol–water partition coefficient (Wildman–Crippen LogP) is 3.07. The molecule has 0 bridgehead atoms. The summed E-state index contributed by atoms with van der Waals surface area (Å²) in [6, 6.07) is 12.7. The molecule has 8 nitrogen and oxygen atoms in total. The molecule has 2 aromatic rings. The monoisotopic (exact) mass is 405 g/mol. The van der Waals surface area contributed by atoms with Crippen molar-refractivity contribution in [2.24, 2.45) is 5.14 Å². The molecule has 0 aliphatic rings. The van der Waals surface area contributed by atoms with Crippen molar-refractivity contribution in [1.82, 2.24) is 0 Å². The maximum absolute atomic E-state index is 12.3. The molecule has 2 amide bonds. The van der Waals surface area contributed by atoms with E-state index in [9.17, 15) is 18.0 Å². The van der Waals surface area contributed by atoms with Crippen LogP contribution in [-0.2, 0) is 20.5 Å². The zero-order valence-electron chi connectivity index (χ0n) is 15.9. The van der Waals surface area contributed by atoms with Gasteiger partial charge < -0.3 is 10.1 Å². The van der Waals surface area contributed by atoms with Crippen LogP contribution in [0, 0.1) is 0 Å². The van der Waals surface area contributed by atoms with Gasteiger partial charge in [0.05, 0.1) is 5.75 Å². The summed E-state index contributed by atoms with van der Waals surface area (Å²) < 4.78 is 27.3. The molecule has 4 N–H and O–H groups in total. The second-order valence-corrected chi connectivity index (χ2v) is 8.78. The first kappa shape index (κ1) is 21.4. The molecule has 2 aromatic carbocycles. The Labute approximate surface area is 164 Å². The van der Waals surface area contributed by atoms with E-state index < -0.39 is 21.7 Å². The van der Waals surface area contributed by atoms with Gasteiger partial charge in [-0.15, -0.1) is 0 Å². The molecule has 0 atom stereocenters. The molecule has 28 heavy (non-hydrogen) atoms. The van der Waals surface area contributed by atoms with Gasteiger partial charge in [-0.25, -0.2) is 18.4 Å². The summed E-state index contributed by atoms with van der Waals surface area (Å²) in [5.74, 6) is -0.615. The first-order valence-corrected chi connectivity index (χ1v) is 10.1. The van der Waals surface area contributed by atoms with E-state index >= 15 is 0 Å². The lowest BCUT2D eigenvalue weighted by Crippen LogP contribution is -2.27. The zero-order chi connectivity index (χ0) is 20.9. The number of anilines is 2. The van der Waals surface area contributed by atoms with E-state index in [1.54, 1.807) is 69.3 Å². The summed E-state index contributed by atoms with van der Waals surface area (Å²) in [6.07, 6.45) is -0.579. The Morgan fingerprint density at radius 2 is 1.43 bits per heavy atom. The number of primary sulfonamides is 1. The van der Waals surface area contributed by atoms with Crippen LogP contribution in [0.1, 0.15) is 36.7 Å². The number of carbonyl (C=O) groups is 2. The van der Waals surface area contributed by atoms with Crippen LogP contribution in [-0.4, -0.2) is 26.0 Å². The highest BCUT2D eigenvalue weighted by molar-refractivity contribution is 7.88. The number of hydrogen-bond donors (Lipinski definition) is 3.